The Morgan fingerprint density at radius 3 is 2.68 bits per heavy atom. The molecule has 0 aliphatic carbocycles. The minimum atomic E-state index is -0.759. The van der Waals surface area contributed by atoms with Crippen LogP contribution in [-0.2, 0) is 25.4 Å². The monoisotopic (exact) mass is 433 g/mol. The molecular weight excluding hydrogens is 402 g/mol. The first-order valence-corrected chi connectivity index (χ1v) is 10.9. The second kappa shape index (κ2) is 9.23. The van der Waals surface area contributed by atoms with Gasteiger partial charge in [-0.2, -0.15) is 4.98 Å². The number of aryl methyl sites for hydroxylation is 1. The van der Waals surface area contributed by atoms with E-state index in [2.05, 4.69) is 15.3 Å². The van der Waals surface area contributed by atoms with Gasteiger partial charge in [-0.3, -0.25) is 18.9 Å². The molecular formula is C20H31N7O4. The fraction of sp³-hybridized carbons (Fsp3) is 0.700. The molecule has 0 amide bonds. The van der Waals surface area contributed by atoms with Gasteiger partial charge in [0.15, 0.2) is 11.2 Å². The molecule has 0 bridgehead atoms. The fourth-order valence-electron chi connectivity index (χ4n) is 4.14. The van der Waals surface area contributed by atoms with Crippen molar-refractivity contribution < 1.29 is 9.84 Å². The first kappa shape index (κ1) is 21.6. The highest BCUT2D eigenvalue weighted by molar-refractivity contribution is 5.82. The molecule has 0 saturated carbocycles. The van der Waals surface area contributed by atoms with E-state index in [4.69, 9.17) is 4.74 Å². The van der Waals surface area contributed by atoms with Gasteiger partial charge in [-0.25, -0.2) is 4.79 Å². The summed E-state index contributed by atoms with van der Waals surface area (Å²) in [6.07, 6.45) is 3.50. The van der Waals surface area contributed by atoms with Crippen molar-refractivity contribution in [2.75, 3.05) is 44.3 Å². The predicted octanol–water partition coefficient (Wildman–Crippen LogP) is -0.807. The van der Waals surface area contributed by atoms with Crippen LogP contribution in [0.2, 0.25) is 0 Å². The zero-order chi connectivity index (χ0) is 22.0. The number of imidazole rings is 1. The molecule has 1 fully saturated rings. The van der Waals surface area contributed by atoms with Crippen molar-refractivity contribution in [1.82, 2.24) is 24.0 Å². The summed E-state index contributed by atoms with van der Waals surface area (Å²) in [5.41, 5.74) is -0.206. The molecule has 2 aliphatic heterocycles. The van der Waals surface area contributed by atoms with E-state index in [0.717, 1.165) is 36.2 Å². The van der Waals surface area contributed by atoms with Crippen LogP contribution in [0.25, 0.3) is 11.2 Å². The van der Waals surface area contributed by atoms with Gasteiger partial charge in [-0.1, -0.05) is 6.42 Å². The highest BCUT2D eigenvalue weighted by Crippen LogP contribution is 2.21. The first-order valence-electron chi connectivity index (χ1n) is 10.9. The van der Waals surface area contributed by atoms with Crippen LogP contribution < -0.4 is 21.5 Å². The number of aliphatic imine (C=N–C) groups is 1. The van der Waals surface area contributed by atoms with Crippen molar-refractivity contribution in [3.63, 3.8) is 0 Å². The summed E-state index contributed by atoms with van der Waals surface area (Å²) in [5.74, 6) is 1.50. The van der Waals surface area contributed by atoms with Gasteiger partial charge in [-0.05, 0) is 12.8 Å². The highest BCUT2D eigenvalue weighted by atomic mass is 16.5. The molecule has 31 heavy (non-hydrogen) atoms. The van der Waals surface area contributed by atoms with E-state index < -0.39 is 17.4 Å². The maximum atomic E-state index is 13.0. The van der Waals surface area contributed by atoms with Gasteiger partial charge in [0, 0.05) is 46.7 Å². The summed E-state index contributed by atoms with van der Waals surface area (Å²) in [4.78, 5) is 36.6. The highest BCUT2D eigenvalue weighted by Gasteiger charge is 2.25. The molecule has 4 heterocycles. The molecule has 11 nitrogen and oxygen atoms in total. The number of amidine groups is 1. The number of morpholine rings is 1. The van der Waals surface area contributed by atoms with E-state index >= 15 is 0 Å². The Hall–Kier alpha value is -2.66. The summed E-state index contributed by atoms with van der Waals surface area (Å²) in [5, 5.41) is 14.1. The van der Waals surface area contributed by atoms with E-state index in [1.165, 1.54) is 18.0 Å². The number of nitrogens with one attached hydrogen (secondary N) is 1. The molecule has 0 spiro atoms. The quantitative estimate of drug-likeness (QED) is 0.633. The Labute approximate surface area is 180 Å². The van der Waals surface area contributed by atoms with Crippen LogP contribution in [0.1, 0.15) is 25.7 Å². The number of aliphatic hydroxyl groups is 1. The number of rotatable bonds is 5. The second-order valence-corrected chi connectivity index (χ2v) is 8.17. The van der Waals surface area contributed by atoms with Gasteiger partial charge >= 0.3 is 5.69 Å². The molecule has 1 unspecified atom stereocenters. The number of hydrogen-bond acceptors (Lipinski definition) is 8. The molecule has 2 aromatic rings. The molecule has 170 valence electrons. The Kier molecular flexibility index (Phi) is 6.42. The van der Waals surface area contributed by atoms with Gasteiger partial charge in [-0.15, -0.1) is 0 Å². The first-order chi connectivity index (χ1) is 15.0. The lowest BCUT2D eigenvalue weighted by molar-refractivity contribution is 0.121. The van der Waals surface area contributed by atoms with Gasteiger partial charge in [0.25, 0.3) is 5.56 Å². The molecule has 0 aromatic carbocycles. The van der Waals surface area contributed by atoms with Crippen LogP contribution in [0, 0.1) is 0 Å². The number of fused-ring (bicyclic) bond motifs is 1. The third-order valence-corrected chi connectivity index (χ3v) is 5.93. The summed E-state index contributed by atoms with van der Waals surface area (Å²) >= 11 is 0. The molecule has 4 rings (SSSR count). The molecule has 0 radical (unpaired) electrons. The minimum absolute atomic E-state index is 0.177. The predicted molar refractivity (Wildman–Crippen MR) is 118 cm³/mol. The Morgan fingerprint density at radius 1 is 1.13 bits per heavy atom. The Balaban J connectivity index is 1.66. The topological polar surface area (TPSA) is 119 Å². The van der Waals surface area contributed by atoms with Crippen molar-refractivity contribution in [2.45, 2.75) is 38.3 Å². The third kappa shape index (κ3) is 4.38. The van der Waals surface area contributed by atoms with Crippen LogP contribution >= 0.6 is 0 Å². The van der Waals surface area contributed by atoms with Gasteiger partial charge in [0.05, 0.1) is 31.7 Å². The zero-order valence-electron chi connectivity index (χ0n) is 18.2. The van der Waals surface area contributed by atoms with E-state index in [1.54, 1.807) is 11.6 Å². The molecule has 2 aromatic heterocycles. The smallest absolute Gasteiger partial charge is 0.332 e. The van der Waals surface area contributed by atoms with Crippen molar-refractivity contribution >= 4 is 22.9 Å². The van der Waals surface area contributed by atoms with Crippen molar-refractivity contribution in [3.05, 3.63) is 20.8 Å². The molecule has 1 atom stereocenters. The lowest BCUT2D eigenvalue weighted by Crippen LogP contribution is -2.40. The fourth-order valence-corrected chi connectivity index (χ4v) is 4.14. The van der Waals surface area contributed by atoms with Crippen LogP contribution in [-0.4, -0.2) is 75.1 Å². The zero-order valence-corrected chi connectivity index (χ0v) is 18.2. The number of aliphatic hydroxyl groups excluding tert-OH is 1. The number of aromatic nitrogens is 4. The van der Waals surface area contributed by atoms with Crippen LogP contribution in [0.15, 0.2) is 14.6 Å². The van der Waals surface area contributed by atoms with E-state index in [0.29, 0.717) is 50.0 Å². The summed E-state index contributed by atoms with van der Waals surface area (Å²) in [7, 11) is 3.06. The summed E-state index contributed by atoms with van der Waals surface area (Å²) in [6, 6.07) is 0. The maximum Gasteiger partial charge on any atom is 0.332 e. The molecule has 11 heteroatoms. The Bertz CT molecular complexity index is 1080. The van der Waals surface area contributed by atoms with Gasteiger partial charge in [0.2, 0.25) is 5.95 Å². The normalized spacial score (nSPS) is 18.7. The lowest BCUT2D eigenvalue weighted by atomic mass is 10.2. The SMILES string of the molecule is Cn1c(=O)c2c(nc(N3CCOCC3)n2CC(O)CNC2=NCCCCC2)n(C)c1=O. The molecule has 1 saturated heterocycles. The minimum Gasteiger partial charge on any atom is -0.389 e. The summed E-state index contributed by atoms with van der Waals surface area (Å²) in [6.45, 7) is 3.69. The second-order valence-electron chi connectivity index (χ2n) is 8.17. The van der Waals surface area contributed by atoms with Crippen molar-refractivity contribution in [1.29, 1.82) is 0 Å². The average Bonchev–Trinajstić information content (AvgIpc) is 2.96. The van der Waals surface area contributed by atoms with Crippen LogP contribution in [0.3, 0.4) is 0 Å². The molecule has 2 N–H and O–H groups in total. The number of ether oxygens (including phenoxy) is 1. The average molecular weight is 434 g/mol. The third-order valence-electron chi connectivity index (χ3n) is 5.93. The van der Waals surface area contributed by atoms with Crippen molar-refractivity contribution in [2.24, 2.45) is 19.1 Å². The largest absolute Gasteiger partial charge is 0.389 e. The lowest BCUT2D eigenvalue weighted by Gasteiger charge is -2.28. The standard InChI is InChI=1S/C20H31N7O4/c1-24-17-16(18(29)25(2)20(24)30)27(19(23-17)26-8-10-31-11-9-26)13-14(28)12-22-15-6-4-3-5-7-21-15/h14,28H,3-13H2,1-2H3,(H,21,22). The Morgan fingerprint density at radius 2 is 1.90 bits per heavy atom. The van der Waals surface area contributed by atoms with Crippen LogP contribution in [0.5, 0.6) is 0 Å². The van der Waals surface area contributed by atoms with Crippen molar-refractivity contribution in [3.8, 4) is 0 Å². The number of nitrogens with zero attached hydrogens (tertiary/aromatic N) is 6. The number of hydrogen-bond donors (Lipinski definition) is 2. The van der Waals surface area contributed by atoms with E-state index in [1.807, 2.05) is 4.90 Å². The van der Waals surface area contributed by atoms with Gasteiger partial charge < -0.3 is 24.6 Å². The summed E-state index contributed by atoms with van der Waals surface area (Å²) < 4.78 is 9.64. The number of anilines is 1. The molecule has 2 aliphatic rings. The maximum absolute atomic E-state index is 13.0. The van der Waals surface area contributed by atoms with Crippen LogP contribution in [0.4, 0.5) is 5.95 Å². The van der Waals surface area contributed by atoms with E-state index in [-0.39, 0.29) is 6.54 Å². The van der Waals surface area contributed by atoms with E-state index in [9.17, 15) is 14.7 Å². The van der Waals surface area contributed by atoms with Gasteiger partial charge in [0.1, 0.15) is 0 Å².